The van der Waals surface area contributed by atoms with E-state index < -0.39 is 0 Å². The van der Waals surface area contributed by atoms with Gasteiger partial charge in [-0.1, -0.05) is 32.6 Å². The van der Waals surface area contributed by atoms with Crippen molar-refractivity contribution >= 4 is 5.97 Å². The second-order valence-electron chi connectivity index (χ2n) is 6.95. The average Bonchev–Trinajstić information content (AvgIpc) is 2.65. The van der Waals surface area contributed by atoms with Crippen LogP contribution in [-0.2, 0) is 9.53 Å². The van der Waals surface area contributed by atoms with Crippen molar-refractivity contribution in [2.45, 2.75) is 73.3 Å². The van der Waals surface area contributed by atoms with E-state index in [1.165, 1.54) is 19.8 Å². The van der Waals surface area contributed by atoms with Gasteiger partial charge in [-0.3, -0.25) is 4.79 Å². The zero-order chi connectivity index (χ0) is 21.8. The van der Waals surface area contributed by atoms with E-state index in [4.69, 9.17) is 14.7 Å². The third-order valence-electron chi connectivity index (χ3n) is 3.92. The van der Waals surface area contributed by atoms with Crippen LogP contribution in [0.15, 0.2) is 0 Å². The van der Waals surface area contributed by atoms with Gasteiger partial charge in [0.15, 0.2) is 0 Å². The quantitative estimate of drug-likeness (QED) is 0.389. The van der Waals surface area contributed by atoms with Gasteiger partial charge in [-0.05, 0) is 98.2 Å². The fourth-order valence-corrected chi connectivity index (χ4v) is 2.59. The highest BCUT2D eigenvalue weighted by Gasteiger charge is 2.30. The molecule has 0 aromatic carbocycles. The molecule has 0 aliphatic heterocycles. The van der Waals surface area contributed by atoms with Crippen molar-refractivity contribution < 1.29 is 20.9 Å². The summed E-state index contributed by atoms with van der Waals surface area (Å²) >= 11 is 0. The van der Waals surface area contributed by atoms with E-state index in [2.05, 4.69) is 80.0 Å². The normalized spacial score (nSPS) is 16.1. The van der Waals surface area contributed by atoms with Crippen LogP contribution in [0.25, 0.3) is 0 Å². The molecule has 4 heteroatoms. The lowest BCUT2D eigenvalue weighted by Crippen LogP contribution is -2.29. The molecule has 0 saturated heterocycles. The first-order chi connectivity index (χ1) is 13.3. The molecule has 0 N–H and O–H groups in total. The van der Waals surface area contributed by atoms with Crippen LogP contribution in [0.4, 0.5) is 0 Å². The van der Waals surface area contributed by atoms with Crippen LogP contribution in [0.1, 0.15) is 78.6 Å². The molecule has 0 unspecified atom stereocenters. The van der Waals surface area contributed by atoms with E-state index in [9.17, 15) is 4.79 Å². The molecule has 0 spiro atoms. The first-order valence-corrected chi connectivity index (χ1v) is 8.98. The maximum absolute atomic E-state index is 10.8. The molecule has 28 heavy (non-hydrogen) atoms. The molecular weight excluding hydrogens is 352 g/mol. The number of hydrogen-bond donors (Lipinski definition) is 0. The number of esters is 1. The number of hydrogen-bond acceptors (Lipinski definition) is 4. The average molecular weight is 397 g/mol. The maximum atomic E-state index is 10.8. The molecule has 1 fully saturated rings. The summed E-state index contributed by atoms with van der Waals surface area (Å²) in [7, 11) is 0. The van der Waals surface area contributed by atoms with Gasteiger partial charge in [0, 0.05) is 28.3 Å². The predicted molar refractivity (Wildman–Crippen MR) is 131 cm³/mol. The van der Waals surface area contributed by atoms with Gasteiger partial charge in [-0.2, -0.15) is 0 Å². The van der Waals surface area contributed by atoms with Gasteiger partial charge >= 0.3 is 5.97 Å². The van der Waals surface area contributed by atoms with Crippen molar-refractivity contribution in [3.8, 4) is 59.2 Å². The first-order valence-electron chi connectivity index (χ1n) is 8.98. The molecule has 0 heterocycles. The third-order valence-corrected chi connectivity index (χ3v) is 3.92. The zero-order valence-electron chi connectivity index (χ0n) is 17.6. The van der Waals surface area contributed by atoms with Crippen molar-refractivity contribution in [3.05, 3.63) is 9.93 Å². The Hall–Kier alpha value is -3.13. The van der Waals surface area contributed by atoms with E-state index in [0.717, 1.165) is 18.8 Å². The van der Waals surface area contributed by atoms with Crippen molar-refractivity contribution in [1.82, 2.24) is 0 Å². The monoisotopic (exact) mass is 396 g/mol. The summed E-state index contributed by atoms with van der Waals surface area (Å²) in [5, 5.41) is 0. The Morgan fingerprint density at radius 3 is 1.43 bits per heavy atom. The number of ether oxygens (including phenoxy) is 1. The van der Waals surface area contributed by atoms with Crippen LogP contribution >= 0.6 is 0 Å². The highest BCUT2D eigenvalue weighted by Crippen LogP contribution is 2.38. The molecule has 4 nitrogen and oxygen atoms in total. The topological polar surface area (TPSA) is 60.4 Å². The highest BCUT2D eigenvalue weighted by atomic mass is 16.7. The highest BCUT2D eigenvalue weighted by molar-refractivity contribution is 5.66. The lowest BCUT2D eigenvalue weighted by molar-refractivity contribution is -0.148. The second-order valence-corrected chi connectivity index (χ2v) is 6.95. The maximum Gasteiger partial charge on any atom is 0.302 e. The largest absolute Gasteiger partial charge is 0.463 e. The molecule has 164 valence electrons. The molecule has 0 bridgehead atoms. The smallest absolute Gasteiger partial charge is 0.302 e. The first kappa shape index (κ1) is 27.1. The van der Waals surface area contributed by atoms with E-state index in [1.807, 2.05) is 0 Å². The van der Waals surface area contributed by atoms with Crippen molar-refractivity contribution in [3.63, 3.8) is 0 Å². The molecule has 0 amide bonds. The Balaban J connectivity index is -0.0000000365. The molecule has 0 aromatic heterocycles. The summed E-state index contributed by atoms with van der Waals surface area (Å²) < 4.78 is 5.21. The summed E-state index contributed by atoms with van der Waals surface area (Å²) in [6.45, 7) is 11.8. The van der Waals surface area contributed by atoms with Crippen LogP contribution in [0.3, 0.4) is 0 Å². The minimum Gasteiger partial charge on any atom is -0.463 e. The molecule has 1 saturated carbocycles. The van der Waals surface area contributed by atoms with E-state index >= 15 is 0 Å². The molecule has 0 aromatic rings. The van der Waals surface area contributed by atoms with Crippen LogP contribution < -0.4 is 0 Å². The fraction of sp³-hybridized carbons (Fsp3) is 0.542. The van der Waals surface area contributed by atoms with Gasteiger partial charge in [0.2, 0.25) is 0 Å². The Kier molecular flexibility index (Phi) is 16.7. The third kappa shape index (κ3) is 16.3. The lowest BCUT2D eigenvalue weighted by Gasteiger charge is -2.36. The predicted octanol–water partition coefficient (Wildman–Crippen LogP) is 6.23. The van der Waals surface area contributed by atoms with Gasteiger partial charge in [0.05, 0.1) is 0 Å². The van der Waals surface area contributed by atoms with Gasteiger partial charge in [0.25, 0.3) is 0 Å². The molecule has 1 rings (SSSR count). The Morgan fingerprint density at radius 1 is 0.786 bits per heavy atom. The van der Waals surface area contributed by atoms with E-state index in [1.54, 1.807) is 13.8 Å². The summed E-state index contributed by atoms with van der Waals surface area (Å²) in [5.74, 6) is 26.2. The van der Waals surface area contributed by atoms with E-state index in [-0.39, 0.29) is 23.5 Å². The minimum atomic E-state index is -0.135. The lowest BCUT2D eigenvalue weighted by atomic mass is 9.72. The fourth-order valence-electron chi connectivity index (χ4n) is 2.59. The second kappa shape index (κ2) is 17.3. The Morgan fingerprint density at radius 2 is 1.14 bits per heavy atom. The summed E-state index contributed by atoms with van der Waals surface area (Å²) in [5.41, 5.74) is 0.404. The van der Waals surface area contributed by atoms with Crippen LogP contribution in [0.2, 0.25) is 0 Å². The van der Waals surface area contributed by atoms with Crippen molar-refractivity contribution in [2.75, 3.05) is 0 Å². The minimum absolute atomic E-state index is 0. The summed E-state index contributed by atoms with van der Waals surface area (Å²) in [6, 6.07) is 0. The standard InChI is InChI=1S/C12H22O2.C12H6.O2.8H2/c1-9(13)14-11-7-5-10(6-8-11)12(2,3)4;1-3-5-7-9-11-12-10-8-6-4-2;1-2;;;;;;;;/h10-11H,5-8H2,1-4H3;1-2H3;;8*1H. The van der Waals surface area contributed by atoms with Crippen molar-refractivity contribution in [1.29, 1.82) is 0 Å². The van der Waals surface area contributed by atoms with Crippen LogP contribution in [-0.4, -0.2) is 12.1 Å². The molecule has 1 aliphatic carbocycles. The number of carbonyl (C=O) groups is 1. The van der Waals surface area contributed by atoms with Gasteiger partial charge in [0.1, 0.15) is 6.10 Å². The van der Waals surface area contributed by atoms with Crippen LogP contribution in [0, 0.1) is 80.5 Å². The SMILES string of the molecule is CC#CC#CC#CC#CC#CC.CC(=O)OC1CCC(C(C)(C)C)CC1.O=O.[HH].[HH].[HH].[HH].[HH].[HH].[HH].[HH]. The molecule has 1 aliphatic rings. The van der Waals surface area contributed by atoms with E-state index in [0.29, 0.717) is 5.41 Å². The van der Waals surface area contributed by atoms with Gasteiger partial charge in [-0.15, -0.1) is 0 Å². The Labute approximate surface area is 181 Å². The summed E-state index contributed by atoms with van der Waals surface area (Å²) in [4.78, 5) is 24.8. The molecular formula is C24H44O4. The molecule has 0 atom stereocenters. The summed E-state index contributed by atoms with van der Waals surface area (Å²) in [6.07, 6.45) is 4.66. The Bertz CT molecular complexity index is 752. The van der Waals surface area contributed by atoms with Crippen LogP contribution in [0.5, 0.6) is 0 Å². The molecule has 0 radical (unpaired) electrons. The number of rotatable bonds is 1. The van der Waals surface area contributed by atoms with Gasteiger partial charge in [-0.25, -0.2) is 0 Å². The van der Waals surface area contributed by atoms with Gasteiger partial charge < -0.3 is 4.74 Å². The number of carbonyl (C=O) groups excluding carboxylic acids is 1. The zero-order valence-corrected chi connectivity index (χ0v) is 17.6. The van der Waals surface area contributed by atoms with Crippen molar-refractivity contribution in [2.24, 2.45) is 11.3 Å².